The van der Waals surface area contributed by atoms with E-state index in [0.717, 1.165) is 28.4 Å². The molecule has 0 aliphatic carbocycles. The van der Waals surface area contributed by atoms with Crippen LogP contribution in [-0.4, -0.2) is 15.1 Å². The molecule has 0 spiro atoms. The molecule has 3 rings (SSSR count). The number of hydrogen-bond donors (Lipinski definition) is 2. The second-order valence-corrected chi connectivity index (χ2v) is 3.89. The maximum atomic E-state index is 5.11. The summed E-state index contributed by atoms with van der Waals surface area (Å²) in [5.41, 5.74) is 2.85. The van der Waals surface area contributed by atoms with Gasteiger partial charge < -0.3 is 14.8 Å². The van der Waals surface area contributed by atoms with Crippen LogP contribution >= 0.6 is 0 Å². The first-order chi connectivity index (χ1) is 8.31. The highest BCUT2D eigenvalue weighted by Crippen LogP contribution is 2.14. The lowest BCUT2D eigenvalue weighted by atomic mass is 10.3. The highest BCUT2D eigenvalue weighted by molar-refractivity contribution is 5.77. The van der Waals surface area contributed by atoms with Crippen molar-refractivity contribution in [2.24, 2.45) is 0 Å². The molecule has 17 heavy (non-hydrogen) atoms. The van der Waals surface area contributed by atoms with Crippen LogP contribution in [0.3, 0.4) is 0 Å². The van der Waals surface area contributed by atoms with Crippen LogP contribution in [0, 0.1) is 6.92 Å². The zero-order valence-corrected chi connectivity index (χ0v) is 9.40. The van der Waals surface area contributed by atoms with Crippen molar-refractivity contribution in [2.75, 3.05) is 5.32 Å². The number of benzene rings is 1. The third-order valence-corrected chi connectivity index (χ3v) is 2.50. The summed E-state index contributed by atoms with van der Waals surface area (Å²) < 4.78 is 5.11. The Morgan fingerprint density at radius 3 is 3.00 bits per heavy atom. The molecule has 0 atom stereocenters. The molecule has 0 bridgehead atoms. The van der Waals surface area contributed by atoms with Gasteiger partial charge in [-0.25, -0.2) is 4.98 Å². The molecule has 5 nitrogen and oxygen atoms in total. The van der Waals surface area contributed by atoms with E-state index in [1.165, 1.54) is 0 Å². The molecule has 2 heterocycles. The van der Waals surface area contributed by atoms with Gasteiger partial charge in [0.05, 0.1) is 23.3 Å². The van der Waals surface area contributed by atoms with Gasteiger partial charge in [0.1, 0.15) is 0 Å². The Bertz CT molecular complexity index is 608. The normalized spacial score (nSPS) is 10.9. The van der Waals surface area contributed by atoms with Crippen molar-refractivity contribution in [3.8, 4) is 0 Å². The Hall–Kier alpha value is -2.30. The van der Waals surface area contributed by atoms with E-state index in [2.05, 4.69) is 20.4 Å². The van der Waals surface area contributed by atoms with E-state index < -0.39 is 0 Å². The molecule has 2 N–H and O–H groups in total. The van der Waals surface area contributed by atoms with Crippen LogP contribution in [0.25, 0.3) is 11.0 Å². The van der Waals surface area contributed by atoms with E-state index in [9.17, 15) is 0 Å². The first-order valence-corrected chi connectivity index (χ1v) is 5.42. The molecule has 0 saturated heterocycles. The molecule has 3 aromatic rings. The largest absolute Gasteiger partial charge is 0.359 e. The van der Waals surface area contributed by atoms with Crippen molar-refractivity contribution in [1.29, 1.82) is 0 Å². The molecule has 0 radical (unpaired) electrons. The average molecular weight is 228 g/mol. The molecular weight excluding hydrogens is 216 g/mol. The lowest BCUT2D eigenvalue weighted by Gasteiger charge is -1.97. The van der Waals surface area contributed by atoms with Gasteiger partial charge in [-0.3, -0.25) is 0 Å². The summed E-state index contributed by atoms with van der Waals surface area (Å²) in [6.07, 6.45) is 0. The number of nitrogens with one attached hydrogen (secondary N) is 2. The Labute approximate surface area is 97.8 Å². The molecule has 0 aliphatic rings. The minimum Gasteiger partial charge on any atom is -0.359 e. The number of hydrogen-bond acceptors (Lipinski definition) is 4. The lowest BCUT2D eigenvalue weighted by molar-refractivity contribution is 0.384. The molecule has 0 amide bonds. The van der Waals surface area contributed by atoms with Gasteiger partial charge in [-0.1, -0.05) is 17.3 Å². The first-order valence-electron chi connectivity index (χ1n) is 5.42. The van der Waals surface area contributed by atoms with Gasteiger partial charge in [-0.15, -0.1) is 0 Å². The highest BCUT2D eigenvalue weighted by atomic mass is 16.5. The Morgan fingerprint density at radius 1 is 1.35 bits per heavy atom. The molecule has 86 valence electrons. The molecule has 5 heteroatoms. The summed E-state index contributed by atoms with van der Waals surface area (Å²) in [7, 11) is 0. The molecular formula is C12H12N4O. The van der Waals surface area contributed by atoms with Crippen LogP contribution in [0.15, 0.2) is 34.9 Å². The second kappa shape index (κ2) is 3.93. The van der Waals surface area contributed by atoms with Gasteiger partial charge in [0.15, 0.2) is 5.76 Å². The SMILES string of the molecule is Cc1cc(CNc2nc3ccccc3[nH]2)on1. The minimum atomic E-state index is 0.570. The summed E-state index contributed by atoms with van der Waals surface area (Å²) in [5, 5.41) is 6.99. The first kappa shape index (κ1) is 9.89. The zero-order valence-electron chi connectivity index (χ0n) is 9.40. The third-order valence-electron chi connectivity index (χ3n) is 2.50. The number of aromatic amines is 1. The molecule has 0 unspecified atom stereocenters. The molecule has 0 saturated carbocycles. The maximum Gasteiger partial charge on any atom is 0.201 e. The van der Waals surface area contributed by atoms with Crippen LogP contribution in [0.4, 0.5) is 5.95 Å². The number of aromatic nitrogens is 3. The molecule has 2 aromatic heterocycles. The number of rotatable bonds is 3. The highest BCUT2D eigenvalue weighted by Gasteiger charge is 2.03. The fraction of sp³-hybridized carbons (Fsp3) is 0.167. The van der Waals surface area contributed by atoms with Crippen LogP contribution in [0.1, 0.15) is 11.5 Å². The summed E-state index contributed by atoms with van der Waals surface area (Å²) in [5.74, 6) is 1.53. The fourth-order valence-electron chi connectivity index (χ4n) is 1.71. The van der Waals surface area contributed by atoms with Crippen LogP contribution < -0.4 is 5.32 Å². The van der Waals surface area contributed by atoms with E-state index in [1.54, 1.807) is 0 Å². The third kappa shape index (κ3) is 1.99. The van der Waals surface area contributed by atoms with E-state index in [4.69, 9.17) is 4.52 Å². The number of para-hydroxylation sites is 2. The van der Waals surface area contributed by atoms with Gasteiger partial charge in [0.2, 0.25) is 5.95 Å². The van der Waals surface area contributed by atoms with Crippen LogP contribution in [0.2, 0.25) is 0 Å². The number of anilines is 1. The summed E-state index contributed by atoms with van der Waals surface area (Å²) in [6.45, 7) is 2.47. The van der Waals surface area contributed by atoms with Crippen molar-refractivity contribution in [3.05, 3.63) is 41.8 Å². The predicted molar refractivity (Wildman–Crippen MR) is 64.7 cm³/mol. The lowest BCUT2D eigenvalue weighted by Crippen LogP contribution is -1.99. The van der Waals surface area contributed by atoms with E-state index in [1.807, 2.05) is 37.3 Å². The Balaban J connectivity index is 1.76. The smallest absolute Gasteiger partial charge is 0.201 e. The standard InChI is InChI=1S/C12H12N4O/c1-8-6-9(17-16-8)7-13-12-14-10-4-2-3-5-11(10)15-12/h2-6H,7H2,1H3,(H2,13,14,15). The summed E-state index contributed by atoms with van der Waals surface area (Å²) >= 11 is 0. The van der Waals surface area contributed by atoms with Gasteiger partial charge in [-0.2, -0.15) is 0 Å². The topological polar surface area (TPSA) is 66.7 Å². The number of imidazole rings is 1. The average Bonchev–Trinajstić information content (AvgIpc) is 2.91. The van der Waals surface area contributed by atoms with Crippen molar-refractivity contribution in [2.45, 2.75) is 13.5 Å². The number of H-pyrrole nitrogens is 1. The van der Waals surface area contributed by atoms with Crippen LogP contribution in [0.5, 0.6) is 0 Å². The fourth-order valence-corrected chi connectivity index (χ4v) is 1.71. The molecule has 0 aliphatic heterocycles. The van der Waals surface area contributed by atoms with Crippen molar-refractivity contribution >= 4 is 17.0 Å². The monoisotopic (exact) mass is 228 g/mol. The zero-order chi connectivity index (χ0) is 11.7. The predicted octanol–water partition coefficient (Wildman–Crippen LogP) is 2.47. The number of nitrogens with zero attached hydrogens (tertiary/aromatic N) is 2. The molecule has 0 fully saturated rings. The summed E-state index contributed by atoms with van der Waals surface area (Å²) in [6, 6.07) is 9.80. The Kier molecular flexibility index (Phi) is 2.29. The molecule has 1 aromatic carbocycles. The van der Waals surface area contributed by atoms with Crippen LogP contribution in [-0.2, 0) is 6.54 Å². The van der Waals surface area contributed by atoms with Gasteiger partial charge in [0.25, 0.3) is 0 Å². The Morgan fingerprint density at radius 2 is 2.24 bits per heavy atom. The number of fused-ring (bicyclic) bond motifs is 1. The van der Waals surface area contributed by atoms with Crippen molar-refractivity contribution in [3.63, 3.8) is 0 Å². The van der Waals surface area contributed by atoms with Gasteiger partial charge in [0, 0.05) is 6.07 Å². The van der Waals surface area contributed by atoms with E-state index in [-0.39, 0.29) is 0 Å². The van der Waals surface area contributed by atoms with Gasteiger partial charge >= 0.3 is 0 Å². The number of aryl methyl sites for hydroxylation is 1. The van der Waals surface area contributed by atoms with Gasteiger partial charge in [-0.05, 0) is 19.1 Å². The summed E-state index contributed by atoms with van der Waals surface area (Å²) in [4.78, 5) is 7.59. The van der Waals surface area contributed by atoms with Crippen molar-refractivity contribution < 1.29 is 4.52 Å². The quantitative estimate of drug-likeness (QED) is 0.722. The van der Waals surface area contributed by atoms with Crippen molar-refractivity contribution in [1.82, 2.24) is 15.1 Å². The van der Waals surface area contributed by atoms with E-state index in [0.29, 0.717) is 6.54 Å². The second-order valence-electron chi connectivity index (χ2n) is 3.89. The van der Waals surface area contributed by atoms with E-state index >= 15 is 0 Å². The maximum absolute atomic E-state index is 5.11. The minimum absolute atomic E-state index is 0.570.